The molecular weight excluding hydrogens is 324 g/mol. The third-order valence-electron chi connectivity index (χ3n) is 3.54. The second-order valence-corrected chi connectivity index (χ2v) is 8.05. The smallest absolute Gasteiger partial charge is 0.243 e. The van der Waals surface area contributed by atoms with E-state index in [0.29, 0.717) is 10.7 Å². The lowest BCUT2D eigenvalue weighted by Crippen LogP contribution is -2.50. The third kappa shape index (κ3) is 4.88. The zero-order chi connectivity index (χ0) is 17.1. The molecule has 1 rings (SSSR count). The van der Waals surface area contributed by atoms with Gasteiger partial charge in [-0.15, -0.1) is 0 Å². The SMILES string of the molecule is CC(C)[C@H](C)NC(=O)[C@@H](C)N(c1ccc(Cl)cc1)S(C)(=O)=O. The molecule has 2 atom stereocenters. The summed E-state index contributed by atoms with van der Waals surface area (Å²) in [6.45, 7) is 7.44. The van der Waals surface area contributed by atoms with Gasteiger partial charge in [0.2, 0.25) is 15.9 Å². The summed E-state index contributed by atoms with van der Waals surface area (Å²) in [5.74, 6) is -0.0695. The van der Waals surface area contributed by atoms with Gasteiger partial charge in [-0.2, -0.15) is 0 Å². The molecule has 0 aliphatic rings. The van der Waals surface area contributed by atoms with Crippen molar-refractivity contribution in [3.63, 3.8) is 0 Å². The molecule has 0 radical (unpaired) electrons. The molecule has 0 saturated carbocycles. The van der Waals surface area contributed by atoms with Gasteiger partial charge in [0.15, 0.2) is 0 Å². The Kier molecular flexibility index (Phi) is 6.26. The van der Waals surface area contributed by atoms with Gasteiger partial charge in [-0.3, -0.25) is 9.10 Å². The molecule has 1 N–H and O–H groups in total. The van der Waals surface area contributed by atoms with Gasteiger partial charge >= 0.3 is 0 Å². The number of hydrogen-bond acceptors (Lipinski definition) is 3. The predicted molar refractivity (Wildman–Crippen MR) is 90.7 cm³/mol. The quantitative estimate of drug-likeness (QED) is 0.861. The van der Waals surface area contributed by atoms with E-state index < -0.39 is 16.1 Å². The molecule has 0 spiro atoms. The number of benzene rings is 1. The highest BCUT2D eigenvalue weighted by Gasteiger charge is 2.29. The standard InChI is InChI=1S/C15H23ClN2O3S/c1-10(2)11(3)17-15(19)12(4)18(22(5,20)21)14-8-6-13(16)7-9-14/h6-12H,1-5H3,(H,17,19)/t11-,12+/m0/s1. The second-order valence-electron chi connectivity index (χ2n) is 5.75. The van der Waals surface area contributed by atoms with Crippen LogP contribution >= 0.6 is 11.6 Å². The Labute approximate surface area is 137 Å². The van der Waals surface area contributed by atoms with E-state index in [2.05, 4.69) is 5.32 Å². The number of nitrogens with zero attached hydrogens (tertiary/aromatic N) is 1. The molecule has 1 aromatic rings. The van der Waals surface area contributed by atoms with Gasteiger partial charge in [-0.05, 0) is 44.0 Å². The van der Waals surface area contributed by atoms with E-state index in [0.717, 1.165) is 10.6 Å². The lowest BCUT2D eigenvalue weighted by molar-refractivity contribution is -0.122. The fourth-order valence-corrected chi connectivity index (χ4v) is 3.21. The van der Waals surface area contributed by atoms with Crippen LogP contribution in [-0.4, -0.2) is 32.7 Å². The molecular formula is C15H23ClN2O3S. The molecule has 0 aliphatic heterocycles. The van der Waals surface area contributed by atoms with E-state index in [1.807, 2.05) is 20.8 Å². The van der Waals surface area contributed by atoms with Crippen LogP contribution in [0.25, 0.3) is 0 Å². The van der Waals surface area contributed by atoms with Crippen molar-refractivity contribution < 1.29 is 13.2 Å². The summed E-state index contributed by atoms with van der Waals surface area (Å²) in [4.78, 5) is 12.3. The van der Waals surface area contributed by atoms with Crippen molar-refractivity contribution in [3.05, 3.63) is 29.3 Å². The van der Waals surface area contributed by atoms with Crippen molar-refractivity contribution >= 4 is 33.2 Å². The first kappa shape index (κ1) is 18.8. The van der Waals surface area contributed by atoms with Crippen LogP contribution in [0.5, 0.6) is 0 Å². The molecule has 0 heterocycles. The number of anilines is 1. The normalized spacial score (nSPS) is 14.5. The Morgan fingerprint density at radius 1 is 1.14 bits per heavy atom. The second kappa shape index (κ2) is 7.33. The molecule has 1 amide bonds. The summed E-state index contributed by atoms with van der Waals surface area (Å²) in [5, 5.41) is 3.34. The van der Waals surface area contributed by atoms with Crippen LogP contribution in [0.3, 0.4) is 0 Å². The van der Waals surface area contributed by atoms with Crippen LogP contribution in [0.4, 0.5) is 5.69 Å². The fourth-order valence-electron chi connectivity index (χ4n) is 1.91. The topological polar surface area (TPSA) is 66.5 Å². The minimum Gasteiger partial charge on any atom is -0.352 e. The number of nitrogens with one attached hydrogen (secondary N) is 1. The summed E-state index contributed by atoms with van der Waals surface area (Å²) in [6.07, 6.45) is 1.08. The highest BCUT2D eigenvalue weighted by Crippen LogP contribution is 2.23. The number of sulfonamides is 1. The molecule has 7 heteroatoms. The van der Waals surface area contributed by atoms with Crippen molar-refractivity contribution in [3.8, 4) is 0 Å². The van der Waals surface area contributed by atoms with Gasteiger partial charge in [0.05, 0.1) is 11.9 Å². The maximum atomic E-state index is 12.3. The Hall–Kier alpha value is -1.27. The first-order valence-electron chi connectivity index (χ1n) is 7.09. The lowest BCUT2D eigenvalue weighted by atomic mass is 10.1. The molecule has 0 aliphatic carbocycles. The van der Waals surface area contributed by atoms with Gasteiger partial charge in [0.25, 0.3) is 0 Å². The highest BCUT2D eigenvalue weighted by molar-refractivity contribution is 7.92. The minimum atomic E-state index is -3.60. The molecule has 0 fully saturated rings. The molecule has 0 aromatic heterocycles. The average molecular weight is 347 g/mol. The Bertz CT molecular complexity index is 614. The van der Waals surface area contributed by atoms with E-state index in [-0.39, 0.29) is 17.9 Å². The molecule has 124 valence electrons. The molecule has 5 nitrogen and oxygen atoms in total. The monoisotopic (exact) mass is 346 g/mol. The Balaban J connectivity index is 3.08. The number of carbonyl (C=O) groups excluding carboxylic acids is 1. The van der Waals surface area contributed by atoms with Crippen molar-refractivity contribution in [1.29, 1.82) is 0 Å². The largest absolute Gasteiger partial charge is 0.352 e. The number of hydrogen-bond donors (Lipinski definition) is 1. The average Bonchev–Trinajstić information content (AvgIpc) is 2.39. The van der Waals surface area contributed by atoms with Crippen molar-refractivity contribution in [1.82, 2.24) is 5.32 Å². The van der Waals surface area contributed by atoms with E-state index >= 15 is 0 Å². The van der Waals surface area contributed by atoms with E-state index in [4.69, 9.17) is 11.6 Å². The maximum Gasteiger partial charge on any atom is 0.243 e. The summed E-state index contributed by atoms with van der Waals surface area (Å²) in [5.41, 5.74) is 0.409. The Morgan fingerprint density at radius 2 is 1.64 bits per heavy atom. The zero-order valence-corrected chi connectivity index (χ0v) is 15.1. The van der Waals surface area contributed by atoms with Crippen molar-refractivity contribution in [2.24, 2.45) is 5.92 Å². The van der Waals surface area contributed by atoms with Crippen LogP contribution in [-0.2, 0) is 14.8 Å². The summed E-state index contributed by atoms with van der Waals surface area (Å²) >= 11 is 5.83. The Morgan fingerprint density at radius 3 is 2.05 bits per heavy atom. The lowest BCUT2D eigenvalue weighted by Gasteiger charge is -2.29. The van der Waals surface area contributed by atoms with Crippen LogP contribution in [0.1, 0.15) is 27.7 Å². The van der Waals surface area contributed by atoms with E-state index in [1.165, 1.54) is 0 Å². The van der Waals surface area contributed by atoms with Gasteiger partial charge in [-0.25, -0.2) is 8.42 Å². The number of halogens is 1. The van der Waals surface area contributed by atoms with Gasteiger partial charge in [0.1, 0.15) is 6.04 Å². The first-order chi connectivity index (χ1) is 10.0. The van der Waals surface area contributed by atoms with Crippen molar-refractivity contribution in [2.45, 2.75) is 39.8 Å². The number of carbonyl (C=O) groups is 1. The van der Waals surface area contributed by atoms with Crippen LogP contribution in [0.2, 0.25) is 5.02 Å². The zero-order valence-electron chi connectivity index (χ0n) is 13.5. The summed E-state index contributed by atoms with van der Waals surface area (Å²) in [6, 6.07) is 5.46. The van der Waals surface area contributed by atoms with Gasteiger partial charge in [-0.1, -0.05) is 25.4 Å². The summed E-state index contributed by atoms with van der Waals surface area (Å²) < 4.78 is 25.3. The van der Waals surface area contributed by atoms with E-state index in [1.54, 1.807) is 31.2 Å². The van der Waals surface area contributed by atoms with Crippen molar-refractivity contribution in [2.75, 3.05) is 10.6 Å². The van der Waals surface area contributed by atoms with Gasteiger partial charge < -0.3 is 5.32 Å². The first-order valence-corrected chi connectivity index (χ1v) is 9.32. The minimum absolute atomic E-state index is 0.0402. The highest BCUT2D eigenvalue weighted by atomic mass is 35.5. The summed E-state index contributed by atoms with van der Waals surface area (Å²) in [7, 11) is -3.60. The molecule has 1 aromatic carbocycles. The molecule has 22 heavy (non-hydrogen) atoms. The molecule has 0 saturated heterocycles. The van der Waals surface area contributed by atoms with E-state index in [9.17, 15) is 13.2 Å². The molecule has 0 bridgehead atoms. The fraction of sp³-hybridized carbons (Fsp3) is 0.533. The van der Waals surface area contributed by atoms with Crippen LogP contribution in [0.15, 0.2) is 24.3 Å². The third-order valence-corrected chi connectivity index (χ3v) is 5.03. The van der Waals surface area contributed by atoms with Crippen LogP contribution < -0.4 is 9.62 Å². The molecule has 0 unspecified atom stereocenters. The van der Waals surface area contributed by atoms with Gasteiger partial charge in [0, 0.05) is 11.1 Å². The maximum absolute atomic E-state index is 12.3. The predicted octanol–water partition coefficient (Wildman–Crippen LogP) is 2.66. The number of rotatable bonds is 6. The van der Waals surface area contributed by atoms with Crippen LogP contribution in [0, 0.1) is 5.92 Å². The number of amides is 1.